The van der Waals surface area contributed by atoms with E-state index in [4.69, 9.17) is 15.2 Å². The van der Waals surface area contributed by atoms with Gasteiger partial charge in [0.25, 0.3) is 0 Å². The molecule has 3 rings (SSSR count). The minimum atomic E-state index is -0.0620. The van der Waals surface area contributed by atoms with Gasteiger partial charge in [-0.05, 0) is 24.8 Å². The van der Waals surface area contributed by atoms with Crippen LogP contribution in [0.2, 0.25) is 0 Å². The quantitative estimate of drug-likeness (QED) is 0.819. The zero-order valence-electron chi connectivity index (χ0n) is 14.0. The molecule has 0 spiro atoms. The minimum Gasteiger partial charge on any atom is -0.454 e. The molecule has 1 atom stereocenters. The normalized spacial score (nSPS) is 13.6. The fraction of sp³-hybridized carbons (Fsp3) is 0.316. The Morgan fingerprint density at radius 3 is 2.54 bits per heavy atom. The van der Waals surface area contributed by atoms with Crippen LogP contribution in [0.15, 0.2) is 36.4 Å². The van der Waals surface area contributed by atoms with E-state index >= 15 is 0 Å². The highest BCUT2D eigenvalue weighted by molar-refractivity contribution is 5.95. The van der Waals surface area contributed by atoms with Crippen LogP contribution in [0.4, 0.5) is 11.4 Å². The van der Waals surface area contributed by atoms with Crippen molar-refractivity contribution in [1.82, 2.24) is 0 Å². The van der Waals surface area contributed by atoms with Gasteiger partial charge in [-0.1, -0.05) is 36.8 Å². The summed E-state index contributed by atoms with van der Waals surface area (Å²) in [6.07, 6.45) is 1.31. The number of hydrogen-bond acceptors (Lipinski definition) is 4. The maximum atomic E-state index is 12.4. The average molecular weight is 326 g/mol. The maximum Gasteiger partial charge on any atom is 0.231 e. The summed E-state index contributed by atoms with van der Waals surface area (Å²) in [7, 11) is 0. The Kier molecular flexibility index (Phi) is 4.60. The zero-order valence-corrected chi connectivity index (χ0v) is 14.0. The summed E-state index contributed by atoms with van der Waals surface area (Å²) < 4.78 is 10.6. The van der Waals surface area contributed by atoms with Gasteiger partial charge in [0.05, 0.1) is 11.4 Å². The second kappa shape index (κ2) is 6.83. The predicted octanol–water partition coefficient (Wildman–Crippen LogP) is 3.83. The van der Waals surface area contributed by atoms with Crippen LogP contribution in [0.3, 0.4) is 0 Å². The molecule has 2 aromatic carbocycles. The second-order valence-electron chi connectivity index (χ2n) is 6.06. The smallest absolute Gasteiger partial charge is 0.231 e. The fourth-order valence-electron chi connectivity index (χ4n) is 2.83. The lowest BCUT2D eigenvalue weighted by molar-refractivity contribution is -0.116. The lowest BCUT2D eigenvalue weighted by atomic mass is 9.92. The van der Waals surface area contributed by atoms with Crippen molar-refractivity contribution in [1.29, 1.82) is 0 Å². The summed E-state index contributed by atoms with van der Waals surface area (Å²) in [6.45, 7) is 4.32. The Hall–Kier alpha value is -2.69. The molecule has 1 heterocycles. The lowest BCUT2D eigenvalue weighted by Gasteiger charge is -2.16. The second-order valence-corrected chi connectivity index (χ2v) is 6.06. The van der Waals surface area contributed by atoms with Gasteiger partial charge < -0.3 is 20.5 Å². The van der Waals surface area contributed by atoms with Gasteiger partial charge in [-0.2, -0.15) is 0 Å². The molecule has 126 valence electrons. The molecule has 5 heteroatoms. The first-order chi connectivity index (χ1) is 11.6. The Morgan fingerprint density at radius 2 is 1.88 bits per heavy atom. The fourth-order valence-corrected chi connectivity index (χ4v) is 2.83. The van der Waals surface area contributed by atoms with Crippen LogP contribution < -0.4 is 20.5 Å². The van der Waals surface area contributed by atoms with Gasteiger partial charge in [-0.25, -0.2) is 0 Å². The molecule has 0 saturated heterocycles. The molecule has 0 radical (unpaired) electrons. The van der Waals surface area contributed by atoms with Crippen LogP contribution >= 0.6 is 0 Å². The van der Waals surface area contributed by atoms with Crippen LogP contribution in [-0.2, 0) is 4.79 Å². The molecule has 24 heavy (non-hydrogen) atoms. The first-order valence-electron chi connectivity index (χ1n) is 8.12. The van der Waals surface area contributed by atoms with Gasteiger partial charge in [0.2, 0.25) is 12.7 Å². The van der Waals surface area contributed by atoms with Gasteiger partial charge in [-0.15, -0.1) is 0 Å². The van der Waals surface area contributed by atoms with Crippen molar-refractivity contribution in [2.24, 2.45) is 0 Å². The van der Waals surface area contributed by atoms with Crippen LogP contribution in [0.25, 0.3) is 0 Å². The number of nitrogens with two attached hydrogens (primary N) is 1. The van der Waals surface area contributed by atoms with E-state index in [0.29, 0.717) is 29.3 Å². The maximum absolute atomic E-state index is 12.4. The number of carbonyl (C=O) groups is 1. The van der Waals surface area contributed by atoms with Gasteiger partial charge in [0.1, 0.15) is 0 Å². The molecule has 0 fully saturated rings. The van der Waals surface area contributed by atoms with Crippen LogP contribution in [-0.4, -0.2) is 12.7 Å². The molecule has 0 aliphatic carbocycles. The summed E-state index contributed by atoms with van der Waals surface area (Å²) in [6, 6.07) is 11.7. The van der Waals surface area contributed by atoms with E-state index in [1.807, 2.05) is 0 Å². The van der Waals surface area contributed by atoms with Crippen molar-refractivity contribution in [2.75, 3.05) is 17.8 Å². The third-order valence-corrected chi connectivity index (χ3v) is 4.29. The molecule has 0 aromatic heterocycles. The number of anilines is 2. The van der Waals surface area contributed by atoms with Crippen LogP contribution in [0.5, 0.6) is 11.5 Å². The van der Waals surface area contributed by atoms with E-state index in [-0.39, 0.29) is 18.6 Å². The van der Waals surface area contributed by atoms with Gasteiger partial charge in [0.15, 0.2) is 11.5 Å². The van der Waals surface area contributed by atoms with Crippen molar-refractivity contribution >= 4 is 17.3 Å². The molecule has 5 nitrogen and oxygen atoms in total. The minimum absolute atomic E-state index is 0.0620. The largest absolute Gasteiger partial charge is 0.454 e. The van der Waals surface area contributed by atoms with E-state index in [2.05, 4.69) is 43.4 Å². The predicted molar refractivity (Wildman–Crippen MR) is 94.4 cm³/mol. The van der Waals surface area contributed by atoms with Gasteiger partial charge in [0, 0.05) is 18.6 Å². The number of carbonyl (C=O) groups excluding carboxylic acids is 1. The molecule has 1 amide bonds. The molecule has 0 bridgehead atoms. The molecular weight excluding hydrogens is 304 g/mol. The number of ether oxygens (including phenoxy) is 2. The Balaban J connectivity index is 1.69. The topological polar surface area (TPSA) is 73.6 Å². The first-order valence-corrected chi connectivity index (χ1v) is 8.12. The molecule has 2 aromatic rings. The Labute approximate surface area is 141 Å². The summed E-state index contributed by atoms with van der Waals surface area (Å²) >= 11 is 0. The van der Waals surface area contributed by atoms with Crippen LogP contribution in [0, 0.1) is 6.92 Å². The number of nitrogen functional groups attached to an aromatic ring is 1. The van der Waals surface area contributed by atoms with Crippen molar-refractivity contribution < 1.29 is 14.3 Å². The summed E-state index contributed by atoms with van der Waals surface area (Å²) in [5, 5.41) is 2.89. The third kappa shape index (κ3) is 3.45. The summed E-state index contributed by atoms with van der Waals surface area (Å²) in [4.78, 5) is 12.4. The molecule has 3 N–H and O–H groups in total. The van der Waals surface area contributed by atoms with Crippen molar-refractivity contribution in [3.63, 3.8) is 0 Å². The van der Waals surface area contributed by atoms with Gasteiger partial charge in [-0.3, -0.25) is 4.79 Å². The van der Waals surface area contributed by atoms with E-state index in [1.165, 1.54) is 11.1 Å². The highest BCUT2D eigenvalue weighted by Crippen LogP contribution is 2.38. The molecule has 0 saturated carbocycles. The Morgan fingerprint density at radius 1 is 1.21 bits per heavy atom. The standard InChI is InChI=1S/C19H22N2O3/c1-3-13(14-6-4-12(2)5-7-14)8-19(22)21-16-10-18-17(9-15(16)20)23-11-24-18/h4-7,9-10,13H,3,8,11,20H2,1-2H3,(H,21,22). The SMILES string of the molecule is CCC(CC(=O)Nc1cc2c(cc1N)OCO2)c1ccc(C)cc1. The monoisotopic (exact) mass is 326 g/mol. The van der Waals surface area contributed by atoms with E-state index in [0.717, 1.165) is 6.42 Å². The van der Waals surface area contributed by atoms with E-state index in [9.17, 15) is 4.79 Å². The number of rotatable bonds is 5. The van der Waals surface area contributed by atoms with E-state index < -0.39 is 0 Å². The number of aryl methyl sites for hydroxylation is 1. The van der Waals surface area contributed by atoms with E-state index in [1.54, 1.807) is 12.1 Å². The molecule has 1 aliphatic heterocycles. The van der Waals surface area contributed by atoms with Gasteiger partial charge >= 0.3 is 0 Å². The van der Waals surface area contributed by atoms with Crippen LogP contribution in [0.1, 0.15) is 36.8 Å². The van der Waals surface area contributed by atoms with Crippen molar-refractivity contribution in [3.8, 4) is 11.5 Å². The number of nitrogens with one attached hydrogen (secondary N) is 1. The van der Waals surface area contributed by atoms with Crippen molar-refractivity contribution in [3.05, 3.63) is 47.5 Å². The first kappa shape index (κ1) is 16.2. The summed E-state index contributed by atoms with van der Waals surface area (Å²) in [5.74, 6) is 1.33. The number of fused-ring (bicyclic) bond motifs is 1. The zero-order chi connectivity index (χ0) is 17.1. The molecule has 1 aliphatic rings. The summed E-state index contributed by atoms with van der Waals surface area (Å²) in [5.41, 5.74) is 9.40. The number of amides is 1. The highest BCUT2D eigenvalue weighted by Gasteiger charge is 2.19. The third-order valence-electron chi connectivity index (χ3n) is 4.29. The van der Waals surface area contributed by atoms with Crippen molar-refractivity contribution in [2.45, 2.75) is 32.6 Å². The number of hydrogen-bond donors (Lipinski definition) is 2. The highest BCUT2D eigenvalue weighted by atomic mass is 16.7. The molecule has 1 unspecified atom stereocenters. The Bertz CT molecular complexity index is 741. The number of benzene rings is 2. The lowest BCUT2D eigenvalue weighted by Crippen LogP contribution is -2.16. The molecular formula is C19H22N2O3. The average Bonchev–Trinajstić information content (AvgIpc) is 3.01.